The molecular formula is C31H23BrO2S. The zero-order valence-corrected chi connectivity index (χ0v) is 21.0. The van der Waals surface area contributed by atoms with Crippen molar-refractivity contribution in [3.8, 4) is 16.2 Å². The van der Waals surface area contributed by atoms with Crippen LogP contribution in [0.15, 0.2) is 106 Å². The molecule has 1 N–H and O–H groups in total. The lowest BCUT2D eigenvalue weighted by molar-refractivity contribution is 0.465. The van der Waals surface area contributed by atoms with Gasteiger partial charge >= 0.3 is 0 Å². The quantitative estimate of drug-likeness (QED) is 0.249. The highest BCUT2D eigenvalue weighted by Gasteiger charge is 2.32. The molecule has 1 heterocycles. The molecule has 0 saturated carbocycles. The molecule has 4 heteroatoms. The van der Waals surface area contributed by atoms with Crippen LogP contribution in [0.4, 0.5) is 0 Å². The van der Waals surface area contributed by atoms with Crippen LogP contribution in [0.1, 0.15) is 46.0 Å². The number of fused-ring (bicyclic) bond motifs is 2. The average molecular weight is 544 g/mol. The van der Waals surface area contributed by atoms with Crippen LogP contribution in [0.3, 0.4) is 0 Å². The summed E-state index contributed by atoms with van der Waals surface area (Å²) in [5.74, 6) is -0.300. The topological polar surface area (TPSA) is 37.3 Å². The lowest BCUT2D eigenvalue weighted by atomic mass is 9.72. The molecule has 0 aliphatic heterocycles. The van der Waals surface area contributed by atoms with Crippen molar-refractivity contribution in [2.45, 2.75) is 24.7 Å². The molecule has 2 atom stereocenters. The van der Waals surface area contributed by atoms with Gasteiger partial charge in [-0.2, -0.15) is 0 Å². The maximum Gasteiger partial charge on any atom is 0.195 e. The van der Waals surface area contributed by atoms with Gasteiger partial charge in [0.2, 0.25) is 0 Å². The van der Waals surface area contributed by atoms with Crippen molar-refractivity contribution in [3.05, 3.63) is 134 Å². The van der Waals surface area contributed by atoms with E-state index < -0.39 is 23.4 Å². The highest BCUT2D eigenvalue weighted by molar-refractivity contribution is 9.10. The van der Waals surface area contributed by atoms with Crippen molar-refractivity contribution in [2.75, 3.05) is 0 Å². The fraction of sp³-hybridized carbons (Fsp3) is 0.129. The number of hydrogen-bond acceptors (Lipinski definition) is 3. The second-order valence-electron chi connectivity index (χ2n) is 8.87. The van der Waals surface area contributed by atoms with Gasteiger partial charge in [-0.15, -0.1) is 0 Å². The fourth-order valence-electron chi connectivity index (χ4n) is 5.17. The maximum atomic E-state index is 13.9. The van der Waals surface area contributed by atoms with E-state index in [4.69, 9.17) is 5.48 Å². The van der Waals surface area contributed by atoms with E-state index in [0.717, 1.165) is 50.0 Å². The lowest BCUT2D eigenvalue weighted by Crippen LogP contribution is -2.23. The van der Waals surface area contributed by atoms with Crippen LogP contribution in [-0.4, -0.2) is 5.11 Å². The van der Waals surface area contributed by atoms with Crippen LogP contribution in [0.2, 0.25) is 0 Å². The summed E-state index contributed by atoms with van der Waals surface area (Å²) in [6.07, 6.45) is 1.40. The Morgan fingerprint density at radius 3 is 2.37 bits per heavy atom. The summed E-state index contributed by atoms with van der Waals surface area (Å²) in [4.78, 5) is 13.9. The van der Waals surface area contributed by atoms with Crippen molar-refractivity contribution < 1.29 is 10.6 Å². The van der Waals surface area contributed by atoms with Gasteiger partial charge in [0.15, 0.2) is 10.5 Å². The third-order valence-electron chi connectivity index (χ3n) is 6.88. The molecule has 1 aliphatic carbocycles. The minimum atomic E-state index is -0.528. The Labute approximate surface area is 222 Å². The fourth-order valence-corrected chi connectivity index (χ4v) is 6.32. The Hall–Kier alpha value is -3.21. The third-order valence-corrected chi connectivity index (χ3v) is 8.33. The molecule has 0 saturated heterocycles. The minimum absolute atomic E-state index is 0.0581. The Kier molecular flexibility index (Phi) is 4.71. The molecule has 172 valence electrons. The van der Waals surface area contributed by atoms with Gasteiger partial charge in [-0.1, -0.05) is 100 Å². The Bertz CT molecular complexity index is 1800. The standard InChI is InChI=1S/C31H23BrO2S/c32-24-15-13-20(14-16-24)19-9-11-21(12-10-19)23-17-22-5-1-2-6-25(22)27(18-23)29-30(33)26-7-3-4-8-28(26)35-31(29)34/h1-16,23,27,34H,17-18H2/i3D,4D,7D,8D. The third kappa shape index (κ3) is 4.11. The van der Waals surface area contributed by atoms with Gasteiger partial charge in [-0.25, -0.2) is 0 Å². The average Bonchev–Trinajstić information content (AvgIpc) is 2.95. The van der Waals surface area contributed by atoms with Crippen LogP contribution >= 0.6 is 27.3 Å². The maximum absolute atomic E-state index is 13.9. The largest absolute Gasteiger partial charge is 0.499 e. The lowest BCUT2D eigenvalue weighted by Gasteiger charge is -2.32. The first-order valence-electron chi connectivity index (χ1n) is 13.4. The predicted octanol–water partition coefficient (Wildman–Crippen LogP) is 8.26. The first-order valence-corrected chi connectivity index (χ1v) is 13.0. The predicted molar refractivity (Wildman–Crippen MR) is 149 cm³/mol. The van der Waals surface area contributed by atoms with Crippen LogP contribution < -0.4 is 5.43 Å². The molecule has 0 fully saturated rings. The summed E-state index contributed by atoms with van der Waals surface area (Å²) < 4.78 is 33.8. The van der Waals surface area contributed by atoms with Gasteiger partial charge in [0, 0.05) is 20.5 Å². The zero-order chi connectivity index (χ0) is 27.4. The number of rotatable bonds is 3. The number of hydrogen-bond donors (Lipinski definition) is 1. The van der Waals surface area contributed by atoms with Gasteiger partial charge in [-0.3, -0.25) is 4.79 Å². The molecule has 4 aromatic carbocycles. The van der Waals surface area contributed by atoms with E-state index in [2.05, 4.69) is 58.4 Å². The number of aromatic hydroxyl groups is 1. The molecule has 0 bridgehead atoms. The smallest absolute Gasteiger partial charge is 0.195 e. The van der Waals surface area contributed by atoms with Crippen molar-refractivity contribution in [3.63, 3.8) is 0 Å². The monoisotopic (exact) mass is 542 g/mol. The van der Waals surface area contributed by atoms with E-state index >= 15 is 0 Å². The molecule has 0 radical (unpaired) electrons. The van der Waals surface area contributed by atoms with Crippen molar-refractivity contribution in [1.82, 2.24) is 0 Å². The molecule has 0 spiro atoms. The summed E-state index contributed by atoms with van der Waals surface area (Å²) in [6.45, 7) is 0. The van der Waals surface area contributed by atoms with E-state index in [1.165, 1.54) is 0 Å². The van der Waals surface area contributed by atoms with Crippen molar-refractivity contribution >= 4 is 37.4 Å². The zero-order valence-electron chi connectivity index (χ0n) is 22.6. The van der Waals surface area contributed by atoms with E-state index in [0.29, 0.717) is 6.42 Å². The second-order valence-corrected chi connectivity index (χ2v) is 10.8. The first-order chi connectivity index (χ1) is 18.7. The SMILES string of the molecule is [2H]c1c([2H])c([2H])c2c(=O)c(C3CC(c4ccc(-c5ccc(Br)cc5)cc4)Cc4ccccc43)c(O)sc2c1[2H]. The first kappa shape index (κ1) is 18.1. The van der Waals surface area contributed by atoms with Gasteiger partial charge in [0.25, 0.3) is 0 Å². The van der Waals surface area contributed by atoms with Crippen LogP contribution in [0.25, 0.3) is 21.2 Å². The van der Waals surface area contributed by atoms with Crippen LogP contribution in [0.5, 0.6) is 5.06 Å². The molecule has 1 aliphatic rings. The normalized spacial score (nSPS) is 18.9. The Morgan fingerprint density at radius 1 is 0.914 bits per heavy atom. The summed E-state index contributed by atoms with van der Waals surface area (Å²) in [5, 5.41) is 10.9. The van der Waals surface area contributed by atoms with Gasteiger partial charge in [0.1, 0.15) is 0 Å². The molecular weight excluding hydrogens is 516 g/mol. The number of benzene rings is 4. The molecule has 35 heavy (non-hydrogen) atoms. The van der Waals surface area contributed by atoms with E-state index in [1.54, 1.807) is 0 Å². The van der Waals surface area contributed by atoms with Crippen molar-refractivity contribution in [1.29, 1.82) is 0 Å². The van der Waals surface area contributed by atoms with Crippen LogP contribution in [-0.2, 0) is 6.42 Å². The van der Waals surface area contributed by atoms with Crippen LogP contribution in [0, 0.1) is 0 Å². The van der Waals surface area contributed by atoms with E-state index in [-0.39, 0.29) is 38.7 Å². The van der Waals surface area contributed by atoms with Crippen molar-refractivity contribution in [2.24, 2.45) is 0 Å². The van der Waals surface area contributed by atoms with Gasteiger partial charge < -0.3 is 5.11 Å². The summed E-state index contributed by atoms with van der Waals surface area (Å²) in [6, 6.07) is 23.1. The van der Waals surface area contributed by atoms with E-state index in [1.807, 2.05) is 30.3 Å². The molecule has 1 aromatic heterocycles. The van der Waals surface area contributed by atoms with Gasteiger partial charge in [0.05, 0.1) is 11.0 Å². The molecule has 5 aromatic rings. The molecule has 6 rings (SSSR count). The highest BCUT2D eigenvalue weighted by atomic mass is 79.9. The Morgan fingerprint density at radius 2 is 1.60 bits per heavy atom. The van der Waals surface area contributed by atoms with Gasteiger partial charge in [-0.05, 0) is 70.8 Å². The summed E-state index contributed by atoms with van der Waals surface area (Å²) in [7, 11) is 0. The highest BCUT2D eigenvalue weighted by Crippen LogP contribution is 2.46. The Balaban J connectivity index is 1.45. The van der Waals surface area contributed by atoms with E-state index in [9.17, 15) is 9.90 Å². The minimum Gasteiger partial charge on any atom is -0.499 e. The molecule has 0 amide bonds. The molecule has 2 unspecified atom stereocenters. The summed E-state index contributed by atoms with van der Waals surface area (Å²) >= 11 is 4.33. The number of halogens is 1. The second kappa shape index (κ2) is 9.10. The summed E-state index contributed by atoms with van der Waals surface area (Å²) in [5.41, 5.74) is 5.15. The molecule has 2 nitrogen and oxygen atoms in total.